The summed E-state index contributed by atoms with van der Waals surface area (Å²) < 4.78 is 5.15. The Labute approximate surface area is 96.1 Å². The molecule has 0 saturated carbocycles. The number of anilines is 1. The van der Waals surface area contributed by atoms with Gasteiger partial charge >= 0.3 is 0 Å². The summed E-state index contributed by atoms with van der Waals surface area (Å²) in [5.41, 5.74) is 0. The van der Waals surface area contributed by atoms with Gasteiger partial charge in [0, 0.05) is 25.9 Å². The van der Waals surface area contributed by atoms with Crippen LogP contribution in [0.15, 0.2) is 4.52 Å². The molecule has 0 N–H and O–H groups in total. The monoisotopic (exact) mass is 222 g/mol. The topological polar surface area (TPSA) is 66.0 Å². The summed E-state index contributed by atoms with van der Waals surface area (Å²) in [6.07, 6.45) is 1.19. The van der Waals surface area contributed by atoms with E-state index in [0.717, 1.165) is 13.1 Å². The molecule has 0 fully saturated rings. The van der Waals surface area contributed by atoms with Crippen molar-refractivity contribution in [1.29, 1.82) is 5.26 Å². The van der Waals surface area contributed by atoms with E-state index in [9.17, 15) is 0 Å². The maximum Gasteiger partial charge on any atom is 0.266 e. The molecule has 5 heteroatoms. The first-order chi connectivity index (χ1) is 7.71. The lowest BCUT2D eigenvalue weighted by Gasteiger charge is -2.14. The fraction of sp³-hybridized carbons (Fsp3) is 0.727. The van der Waals surface area contributed by atoms with E-state index in [1.807, 2.05) is 11.8 Å². The first-order valence-electron chi connectivity index (χ1n) is 5.65. The molecular formula is C11H18N4O. The molecule has 1 unspecified atom stereocenters. The molecule has 5 nitrogen and oxygen atoms in total. The van der Waals surface area contributed by atoms with Crippen LogP contribution in [-0.4, -0.2) is 23.2 Å². The Morgan fingerprint density at radius 2 is 2.12 bits per heavy atom. The van der Waals surface area contributed by atoms with Gasteiger partial charge in [-0.3, -0.25) is 0 Å². The maximum atomic E-state index is 8.56. The molecule has 16 heavy (non-hydrogen) atoms. The first-order valence-corrected chi connectivity index (χ1v) is 5.65. The van der Waals surface area contributed by atoms with Crippen molar-refractivity contribution in [2.24, 2.45) is 5.92 Å². The van der Waals surface area contributed by atoms with E-state index in [-0.39, 0.29) is 5.92 Å². The van der Waals surface area contributed by atoms with Crippen molar-refractivity contribution >= 4 is 5.95 Å². The van der Waals surface area contributed by atoms with Crippen LogP contribution in [0.5, 0.6) is 0 Å². The largest absolute Gasteiger partial charge is 0.339 e. The molecule has 0 aromatic carbocycles. The van der Waals surface area contributed by atoms with Gasteiger partial charge in [0.05, 0.1) is 6.07 Å². The average molecular weight is 222 g/mol. The summed E-state index contributed by atoms with van der Waals surface area (Å²) in [6.45, 7) is 7.84. The molecule has 0 saturated heterocycles. The third kappa shape index (κ3) is 3.23. The lowest BCUT2D eigenvalue weighted by molar-refractivity contribution is 0.358. The Bertz CT molecular complexity index is 351. The van der Waals surface area contributed by atoms with Gasteiger partial charge in [-0.25, -0.2) is 0 Å². The normalized spacial score (nSPS) is 12.1. The van der Waals surface area contributed by atoms with E-state index in [1.54, 1.807) is 0 Å². The maximum absolute atomic E-state index is 8.56. The predicted octanol–water partition coefficient (Wildman–Crippen LogP) is 2.01. The highest BCUT2D eigenvalue weighted by molar-refractivity contribution is 5.26. The smallest absolute Gasteiger partial charge is 0.266 e. The minimum atomic E-state index is 0.259. The summed E-state index contributed by atoms with van der Waals surface area (Å²) in [4.78, 5) is 6.34. The molecule has 1 heterocycles. The summed E-state index contributed by atoms with van der Waals surface area (Å²) in [7, 11) is 0. The third-order valence-electron chi connectivity index (χ3n) is 2.47. The van der Waals surface area contributed by atoms with Crippen LogP contribution >= 0.6 is 0 Å². The lowest BCUT2D eigenvalue weighted by atomic mass is 10.1. The molecule has 1 aromatic heterocycles. The van der Waals surface area contributed by atoms with Crippen LogP contribution < -0.4 is 4.90 Å². The highest BCUT2D eigenvalue weighted by Gasteiger charge is 2.13. The quantitative estimate of drug-likeness (QED) is 0.736. The van der Waals surface area contributed by atoms with Crippen molar-refractivity contribution in [3.63, 3.8) is 0 Å². The number of hydrogen-bond donors (Lipinski definition) is 0. The molecular weight excluding hydrogens is 204 g/mol. The molecule has 0 amide bonds. The molecule has 0 radical (unpaired) electrons. The minimum Gasteiger partial charge on any atom is -0.339 e. The van der Waals surface area contributed by atoms with Crippen LogP contribution in [0.3, 0.4) is 0 Å². The fourth-order valence-corrected chi connectivity index (χ4v) is 1.49. The van der Waals surface area contributed by atoms with Gasteiger partial charge in [0.15, 0.2) is 0 Å². The van der Waals surface area contributed by atoms with E-state index in [0.29, 0.717) is 24.7 Å². The van der Waals surface area contributed by atoms with Crippen molar-refractivity contribution in [3.8, 4) is 6.07 Å². The summed E-state index contributed by atoms with van der Waals surface area (Å²) >= 11 is 0. The van der Waals surface area contributed by atoms with Gasteiger partial charge in [-0.05, 0) is 24.9 Å². The van der Waals surface area contributed by atoms with Gasteiger partial charge in [-0.1, -0.05) is 6.92 Å². The Hall–Kier alpha value is -1.57. The molecule has 1 atom stereocenters. The van der Waals surface area contributed by atoms with E-state index >= 15 is 0 Å². The standard InChI is InChI=1S/C11H18N4O/c1-4-15(5-2)11-13-10(16-14-11)8-9(3)6-7-12/h9H,4-6,8H2,1-3H3. The third-order valence-corrected chi connectivity index (χ3v) is 2.47. The highest BCUT2D eigenvalue weighted by atomic mass is 16.5. The van der Waals surface area contributed by atoms with Gasteiger partial charge in [0.25, 0.3) is 5.95 Å². The second-order valence-electron chi connectivity index (χ2n) is 3.83. The van der Waals surface area contributed by atoms with Crippen molar-refractivity contribution in [1.82, 2.24) is 10.1 Å². The van der Waals surface area contributed by atoms with E-state index in [1.165, 1.54) is 0 Å². The van der Waals surface area contributed by atoms with E-state index < -0.39 is 0 Å². The van der Waals surface area contributed by atoms with Gasteiger partial charge in [-0.15, -0.1) is 0 Å². The molecule has 1 rings (SSSR count). The second-order valence-corrected chi connectivity index (χ2v) is 3.83. The van der Waals surface area contributed by atoms with Crippen molar-refractivity contribution in [2.45, 2.75) is 33.6 Å². The number of nitrogens with zero attached hydrogens (tertiary/aromatic N) is 4. The highest BCUT2D eigenvalue weighted by Crippen LogP contribution is 2.13. The van der Waals surface area contributed by atoms with Crippen molar-refractivity contribution < 1.29 is 4.52 Å². The van der Waals surface area contributed by atoms with Gasteiger partial charge < -0.3 is 9.42 Å². The zero-order valence-corrected chi connectivity index (χ0v) is 10.1. The number of hydrogen-bond acceptors (Lipinski definition) is 5. The second kappa shape index (κ2) is 6.11. The van der Waals surface area contributed by atoms with Gasteiger partial charge in [-0.2, -0.15) is 10.2 Å². The van der Waals surface area contributed by atoms with Crippen molar-refractivity contribution in [3.05, 3.63) is 5.89 Å². The van der Waals surface area contributed by atoms with Crippen LogP contribution in [0.2, 0.25) is 0 Å². The SMILES string of the molecule is CCN(CC)c1noc(CC(C)CC#N)n1. The number of rotatable bonds is 6. The van der Waals surface area contributed by atoms with Crippen LogP contribution in [0, 0.1) is 17.2 Å². The predicted molar refractivity (Wildman–Crippen MR) is 61.0 cm³/mol. The molecule has 1 aromatic rings. The number of aromatic nitrogens is 2. The Kier molecular flexibility index (Phi) is 4.77. The number of nitriles is 1. The Morgan fingerprint density at radius 3 is 2.69 bits per heavy atom. The van der Waals surface area contributed by atoms with Crippen LogP contribution in [0.25, 0.3) is 0 Å². The van der Waals surface area contributed by atoms with E-state index in [2.05, 4.69) is 30.1 Å². The molecule has 88 valence electrons. The summed E-state index contributed by atoms with van der Waals surface area (Å²) in [5.74, 6) is 1.52. The minimum absolute atomic E-state index is 0.259. The van der Waals surface area contributed by atoms with Gasteiger partial charge in [0.1, 0.15) is 0 Å². The van der Waals surface area contributed by atoms with Crippen molar-refractivity contribution in [2.75, 3.05) is 18.0 Å². The van der Waals surface area contributed by atoms with Crippen LogP contribution in [0.4, 0.5) is 5.95 Å². The Balaban J connectivity index is 2.61. The van der Waals surface area contributed by atoms with Crippen LogP contribution in [-0.2, 0) is 6.42 Å². The van der Waals surface area contributed by atoms with Crippen LogP contribution in [0.1, 0.15) is 33.1 Å². The fourth-order valence-electron chi connectivity index (χ4n) is 1.49. The first kappa shape index (κ1) is 12.5. The summed E-state index contributed by atoms with van der Waals surface area (Å²) in [6, 6.07) is 2.14. The van der Waals surface area contributed by atoms with Gasteiger partial charge in [0.2, 0.25) is 5.89 Å². The molecule has 0 aliphatic heterocycles. The Morgan fingerprint density at radius 1 is 1.44 bits per heavy atom. The molecule has 0 bridgehead atoms. The zero-order chi connectivity index (χ0) is 12.0. The average Bonchev–Trinajstić information content (AvgIpc) is 2.68. The molecule has 0 spiro atoms. The molecule has 0 aliphatic rings. The zero-order valence-electron chi connectivity index (χ0n) is 10.1. The summed E-state index contributed by atoms with van der Waals surface area (Å²) in [5, 5.41) is 12.5. The lowest BCUT2D eigenvalue weighted by Crippen LogP contribution is -2.23. The molecule has 0 aliphatic carbocycles. The van der Waals surface area contributed by atoms with E-state index in [4.69, 9.17) is 9.78 Å².